The molecule has 0 saturated carbocycles. The van der Waals surface area contributed by atoms with Gasteiger partial charge in [-0.1, -0.05) is 45.7 Å². The molecular weight excluding hydrogens is 399 g/mol. The summed E-state index contributed by atoms with van der Waals surface area (Å²) in [6.45, 7) is 0. The van der Waals surface area contributed by atoms with Crippen LogP contribution in [-0.2, 0) is 6.42 Å². The Hall–Kier alpha value is -0.0300. The summed E-state index contributed by atoms with van der Waals surface area (Å²) in [5, 5.41) is 0. The summed E-state index contributed by atoms with van der Waals surface area (Å²) in [6.07, 6.45) is 0.868. The highest BCUT2D eigenvalue weighted by molar-refractivity contribution is 9.10. The molecule has 1 unspecified atom stereocenters. The molecule has 5 heteroatoms. The second-order valence-corrected chi connectivity index (χ2v) is 7.40. The molecule has 0 aliphatic carbocycles. The summed E-state index contributed by atoms with van der Waals surface area (Å²) >= 11 is 14.8. The van der Waals surface area contributed by atoms with E-state index in [1.165, 1.54) is 10.4 Å². The number of rotatable bonds is 4. The molecule has 1 aromatic heterocycles. The molecule has 1 atom stereocenters. The number of halogens is 3. The third-order valence-corrected chi connectivity index (χ3v) is 6.27. The lowest BCUT2D eigenvalue weighted by molar-refractivity contribution is 0.409. The number of hydrogen-bond acceptors (Lipinski definition) is 2. The van der Waals surface area contributed by atoms with Crippen LogP contribution >= 0.6 is 54.8 Å². The molecule has 18 heavy (non-hydrogen) atoms. The van der Waals surface area contributed by atoms with Crippen molar-refractivity contribution in [3.63, 3.8) is 0 Å². The maximum Gasteiger partial charge on any atom is 0.122 e. The molecule has 1 heterocycles. The lowest BCUT2D eigenvalue weighted by Crippen LogP contribution is -1.96. The van der Waals surface area contributed by atoms with Crippen LogP contribution in [0.5, 0.6) is 5.75 Å². The van der Waals surface area contributed by atoms with Crippen LogP contribution < -0.4 is 4.74 Å². The van der Waals surface area contributed by atoms with E-state index < -0.39 is 0 Å². The Bertz CT molecular complexity index is 522. The Balaban J connectivity index is 2.18. The molecular formula is C13H11Br2ClOS. The van der Waals surface area contributed by atoms with Gasteiger partial charge < -0.3 is 4.74 Å². The molecule has 2 rings (SSSR count). The van der Waals surface area contributed by atoms with Gasteiger partial charge in [0, 0.05) is 9.35 Å². The van der Waals surface area contributed by atoms with Gasteiger partial charge in [-0.25, -0.2) is 0 Å². The van der Waals surface area contributed by atoms with Crippen LogP contribution in [0, 0.1) is 0 Å². The monoisotopic (exact) mass is 408 g/mol. The first-order chi connectivity index (χ1) is 8.61. The third-order valence-electron chi connectivity index (χ3n) is 2.56. The summed E-state index contributed by atoms with van der Waals surface area (Å²) < 4.78 is 7.10. The minimum Gasteiger partial charge on any atom is -0.496 e. The Morgan fingerprint density at radius 2 is 2.11 bits per heavy atom. The van der Waals surface area contributed by atoms with Crippen molar-refractivity contribution in [3.8, 4) is 5.75 Å². The topological polar surface area (TPSA) is 9.23 Å². The van der Waals surface area contributed by atoms with Gasteiger partial charge in [0.2, 0.25) is 0 Å². The average Bonchev–Trinajstić information content (AvgIpc) is 2.70. The van der Waals surface area contributed by atoms with Gasteiger partial charge in [0.25, 0.3) is 0 Å². The standard InChI is InChI=1S/C13H11Br2ClOS/c1-17-11-5-3-2-4-8(11)6-9(14)12-7-10(15)13(16)18-12/h2-5,7,9H,6H2,1H3. The predicted octanol–water partition coefficient (Wildman–Crippen LogP) is 5.85. The van der Waals surface area contributed by atoms with Gasteiger partial charge in [0.1, 0.15) is 10.1 Å². The zero-order valence-corrected chi connectivity index (χ0v) is 14.4. The molecule has 96 valence electrons. The van der Waals surface area contributed by atoms with Crippen molar-refractivity contribution in [3.05, 3.63) is 49.6 Å². The van der Waals surface area contributed by atoms with Crippen LogP contribution in [0.1, 0.15) is 15.3 Å². The maximum atomic E-state index is 6.06. The van der Waals surface area contributed by atoms with Crippen LogP contribution in [0.25, 0.3) is 0 Å². The minimum absolute atomic E-state index is 0.239. The molecule has 0 saturated heterocycles. The summed E-state index contributed by atoms with van der Waals surface area (Å²) in [6, 6.07) is 10.1. The molecule has 0 radical (unpaired) electrons. The smallest absolute Gasteiger partial charge is 0.122 e. The Labute approximate surface area is 132 Å². The Morgan fingerprint density at radius 1 is 1.39 bits per heavy atom. The largest absolute Gasteiger partial charge is 0.496 e. The van der Waals surface area contributed by atoms with Gasteiger partial charge in [0.05, 0.1) is 11.9 Å². The highest BCUT2D eigenvalue weighted by atomic mass is 79.9. The van der Waals surface area contributed by atoms with E-state index in [2.05, 4.69) is 44.0 Å². The van der Waals surface area contributed by atoms with Crippen LogP contribution in [0.15, 0.2) is 34.8 Å². The van der Waals surface area contributed by atoms with Crippen molar-refractivity contribution in [2.45, 2.75) is 11.2 Å². The van der Waals surface area contributed by atoms with Crippen LogP contribution in [0.2, 0.25) is 4.34 Å². The fourth-order valence-electron chi connectivity index (χ4n) is 1.68. The molecule has 0 aliphatic rings. The predicted molar refractivity (Wildman–Crippen MR) is 85.4 cm³/mol. The zero-order chi connectivity index (χ0) is 13.1. The molecule has 0 aliphatic heterocycles. The summed E-state index contributed by atoms with van der Waals surface area (Å²) in [7, 11) is 1.70. The summed E-state index contributed by atoms with van der Waals surface area (Å²) in [4.78, 5) is 1.44. The fraction of sp³-hybridized carbons (Fsp3) is 0.231. The second kappa shape index (κ2) is 6.42. The van der Waals surface area contributed by atoms with Crippen LogP contribution in [-0.4, -0.2) is 7.11 Å². The first kappa shape index (κ1) is 14.4. The van der Waals surface area contributed by atoms with Gasteiger partial charge in [-0.05, 0) is 40.0 Å². The normalized spacial score (nSPS) is 12.4. The number of thiophene rings is 1. The Kier molecular flexibility index (Phi) is 5.13. The van der Waals surface area contributed by atoms with Crippen molar-refractivity contribution in [1.82, 2.24) is 0 Å². The van der Waals surface area contributed by atoms with E-state index in [9.17, 15) is 0 Å². The number of benzene rings is 1. The molecule has 0 N–H and O–H groups in total. The zero-order valence-electron chi connectivity index (χ0n) is 9.62. The van der Waals surface area contributed by atoms with Crippen molar-refractivity contribution < 1.29 is 4.74 Å². The minimum atomic E-state index is 0.239. The van der Waals surface area contributed by atoms with Crippen molar-refractivity contribution in [1.29, 1.82) is 0 Å². The molecule has 0 amide bonds. The lowest BCUT2D eigenvalue weighted by Gasteiger charge is -2.11. The molecule has 2 aromatic rings. The number of para-hydroxylation sites is 1. The average molecular weight is 411 g/mol. The highest BCUT2D eigenvalue weighted by Gasteiger charge is 2.15. The summed E-state index contributed by atoms with van der Waals surface area (Å²) in [5.41, 5.74) is 1.18. The Morgan fingerprint density at radius 3 is 2.72 bits per heavy atom. The summed E-state index contributed by atoms with van der Waals surface area (Å²) in [5.74, 6) is 0.920. The van der Waals surface area contributed by atoms with Crippen LogP contribution in [0.3, 0.4) is 0 Å². The maximum absolute atomic E-state index is 6.06. The number of ether oxygens (including phenoxy) is 1. The van der Waals surface area contributed by atoms with Crippen molar-refractivity contribution in [2.24, 2.45) is 0 Å². The van der Waals surface area contributed by atoms with E-state index in [0.29, 0.717) is 0 Å². The van der Waals surface area contributed by atoms with Gasteiger partial charge in [0.15, 0.2) is 0 Å². The number of alkyl halides is 1. The lowest BCUT2D eigenvalue weighted by atomic mass is 10.1. The van der Waals surface area contributed by atoms with Gasteiger partial charge in [-0.15, -0.1) is 11.3 Å². The van der Waals surface area contributed by atoms with E-state index in [1.54, 1.807) is 18.4 Å². The molecule has 0 bridgehead atoms. The van der Waals surface area contributed by atoms with Crippen molar-refractivity contribution >= 4 is 54.8 Å². The number of hydrogen-bond donors (Lipinski definition) is 0. The van der Waals surface area contributed by atoms with E-state index in [0.717, 1.165) is 21.0 Å². The third kappa shape index (κ3) is 3.29. The van der Waals surface area contributed by atoms with Crippen LogP contribution in [0.4, 0.5) is 0 Å². The van der Waals surface area contributed by atoms with Gasteiger partial charge in [-0.3, -0.25) is 0 Å². The second-order valence-electron chi connectivity index (χ2n) is 3.75. The molecule has 1 aromatic carbocycles. The SMILES string of the molecule is COc1ccccc1CC(Br)c1cc(Br)c(Cl)s1. The molecule has 0 fully saturated rings. The van der Waals surface area contributed by atoms with Gasteiger partial charge in [-0.2, -0.15) is 0 Å². The van der Waals surface area contributed by atoms with E-state index in [4.69, 9.17) is 16.3 Å². The molecule has 1 nitrogen and oxygen atoms in total. The fourth-order valence-corrected chi connectivity index (χ4v) is 4.16. The van der Waals surface area contributed by atoms with E-state index in [1.807, 2.05) is 18.2 Å². The van der Waals surface area contributed by atoms with Gasteiger partial charge >= 0.3 is 0 Å². The molecule has 0 spiro atoms. The van der Waals surface area contributed by atoms with Crippen molar-refractivity contribution in [2.75, 3.05) is 7.11 Å². The highest BCUT2D eigenvalue weighted by Crippen LogP contribution is 2.40. The number of methoxy groups -OCH3 is 1. The quantitative estimate of drug-likeness (QED) is 0.575. The van der Waals surface area contributed by atoms with E-state index >= 15 is 0 Å². The van der Waals surface area contributed by atoms with E-state index in [-0.39, 0.29) is 4.83 Å². The first-order valence-electron chi connectivity index (χ1n) is 5.32. The first-order valence-corrected chi connectivity index (χ1v) is 8.23.